The molecule has 0 aliphatic carbocycles. The molecular weight excluding hydrogens is 429 g/mol. The molecule has 0 saturated heterocycles. The maximum Gasteiger partial charge on any atom is 0.134 e. The summed E-state index contributed by atoms with van der Waals surface area (Å²) in [7, 11) is 0. The van der Waals surface area contributed by atoms with Gasteiger partial charge >= 0.3 is 0 Å². The Hall–Kier alpha value is -4.26. The molecule has 0 amide bonds. The van der Waals surface area contributed by atoms with Crippen molar-refractivity contribution in [3.05, 3.63) is 96.8 Å². The van der Waals surface area contributed by atoms with Crippen LogP contribution in [0.1, 0.15) is 19.4 Å². The number of hydrogen-bond donors (Lipinski definition) is 1. The van der Waals surface area contributed by atoms with Gasteiger partial charge in [0.2, 0.25) is 0 Å². The topological polar surface area (TPSA) is 64.9 Å². The van der Waals surface area contributed by atoms with Crippen molar-refractivity contribution in [2.75, 3.05) is 5.32 Å². The highest BCUT2D eigenvalue weighted by Crippen LogP contribution is 2.31. The van der Waals surface area contributed by atoms with Gasteiger partial charge in [0.05, 0.1) is 29.2 Å². The molecule has 5 rings (SSSR count). The minimum absolute atomic E-state index is 0.0876. The Morgan fingerprint density at radius 2 is 1.82 bits per heavy atom. The van der Waals surface area contributed by atoms with E-state index in [1.807, 2.05) is 56.6 Å². The minimum Gasteiger partial charge on any atom is -0.490 e. The van der Waals surface area contributed by atoms with Crippen LogP contribution in [-0.4, -0.2) is 25.6 Å². The molecule has 0 saturated carbocycles. The van der Waals surface area contributed by atoms with Crippen LogP contribution in [0.3, 0.4) is 0 Å². The van der Waals surface area contributed by atoms with Gasteiger partial charge in [-0.2, -0.15) is 0 Å². The summed E-state index contributed by atoms with van der Waals surface area (Å²) in [6, 6.07) is 22.5. The zero-order chi connectivity index (χ0) is 23.5. The molecule has 34 heavy (non-hydrogen) atoms. The van der Waals surface area contributed by atoms with Gasteiger partial charge in [-0.1, -0.05) is 24.3 Å². The second-order valence-electron chi connectivity index (χ2n) is 8.28. The number of benzene rings is 3. The molecule has 0 atom stereocenters. The Morgan fingerprint density at radius 3 is 2.71 bits per heavy atom. The number of aromatic nitrogens is 4. The van der Waals surface area contributed by atoms with Crippen molar-refractivity contribution in [2.45, 2.75) is 26.5 Å². The van der Waals surface area contributed by atoms with Crippen molar-refractivity contribution in [1.29, 1.82) is 0 Å². The van der Waals surface area contributed by atoms with Crippen LogP contribution >= 0.6 is 0 Å². The molecule has 5 aromatic rings. The first kappa shape index (κ1) is 21.6. The van der Waals surface area contributed by atoms with Crippen molar-refractivity contribution in [2.24, 2.45) is 0 Å². The first-order valence-corrected chi connectivity index (χ1v) is 11.1. The summed E-state index contributed by atoms with van der Waals surface area (Å²) >= 11 is 0. The van der Waals surface area contributed by atoms with E-state index < -0.39 is 0 Å². The quantitative estimate of drug-likeness (QED) is 0.317. The van der Waals surface area contributed by atoms with Gasteiger partial charge in [-0.05, 0) is 55.8 Å². The van der Waals surface area contributed by atoms with E-state index in [4.69, 9.17) is 4.74 Å². The molecule has 0 spiro atoms. The standard InChI is InChI=1S/C27H24FN5O/c1-18(2)34-26-13-20(28)10-11-22(26)24-14-27(30-16-29-24)32-21-7-5-6-19(12-21)15-33-17-31-23-8-3-4-9-25(23)33/h3-14,16-18H,15H2,1-2H3,(H,29,30,32). The maximum absolute atomic E-state index is 13.8. The Labute approximate surface area is 197 Å². The summed E-state index contributed by atoms with van der Waals surface area (Å²) in [4.78, 5) is 13.2. The molecule has 2 aromatic heterocycles. The van der Waals surface area contributed by atoms with Crippen molar-refractivity contribution in [3.63, 3.8) is 0 Å². The average molecular weight is 454 g/mol. The van der Waals surface area contributed by atoms with Gasteiger partial charge in [-0.15, -0.1) is 0 Å². The van der Waals surface area contributed by atoms with Crippen LogP contribution in [0, 0.1) is 5.82 Å². The Balaban J connectivity index is 1.39. The summed E-state index contributed by atoms with van der Waals surface area (Å²) in [6.45, 7) is 4.51. The molecular formula is C27H24FN5O. The number of fused-ring (bicyclic) bond motifs is 1. The Kier molecular flexibility index (Phi) is 5.91. The molecule has 0 aliphatic heterocycles. The van der Waals surface area contributed by atoms with Crippen LogP contribution < -0.4 is 10.1 Å². The first-order valence-electron chi connectivity index (χ1n) is 11.1. The number of halogens is 1. The van der Waals surface area contributed by atoms with Crippen LogP contribution in [0.25, 0.3) is 22.3 Å². The van der Waals surface area contributed by atoms with Gasteiger partial charge in [0, 0.05) is 29.9 Å². The lowest BCUT2D eigenvalue weighted by Gasteiger charge is -2.15. The highest BCUT2D eigenvalue weighted by molar-refractivity contribution is 5.75. The van der Waals surface area contributed by atoms with E-state index in [-0.39, 0.29) is 11.9 Å². The van der Waals surface area contributed by atoms with Gasteiger partial charge in [0.25, 0.3) is 0 Å². The Morgan fingerprint density at radius 1 is 0.941 bits per heavy atom. The zero-order valence-electron chi connectivity index (χ0n) is 18.9. The number of ether oxygens (including phenoxy) is 1. The van der Waals surface area contributed by atoms with Crippen LogP contribution in [-0.2, 0) is 6.54 Å². The lowest BCUT2D eigenvalue weighted by molar-refractivity contribution is 0.242. The number of anilines is 2. The van der Waals surface area contributed by atoms with Gasteiger partial charge in [-0.3, -0.25) is 0 Å². The number of nitrogens with one attached hydrogen (secondary N) is 1. The van der Waals surface area contributed by atoms with Gasteiger partial charge in [0.1, 0.15) is 23.7 Å². The van der Waals surface area contributed by atoms with Crippen LogP contribution in [0.15, 0.2) is 85.5 Å². The predicted octanol–water partition coefficient (Wildman–Crippen LogP) is 6.21. The highest BCUT2D eigenvalue weighted by atomic mass is 19.1. The third kappa shape index (κ3) is 4.73. The van der Waals surface area contributed by atoms with E-state index in [1.54, 1.807) is 6.07 Å². The predicted molar refractivity (Wildman–Crippen MR) is 132 cm³/mol. The Bertz CT molecular complexity index is 1450. The van der Waals surface area contributed by atoms with Crippen LogP contribution in [0.5, 0.6) is 5.75 Å². The molecule has 1 N–H and O–H groups in total. The van der Waals surface area contributed by atoms with Gasteiger partial charge < -0.3 is 14.6 Å². The van der Waals surface area contributed by atoms with E-state index in [9.17, 15) is 4.39 Å². The monoisotopic (exact) mass is 453 g/mol. The molecule has 2 heterocycles. The molecule has 0 unspecified atom stereocenters. The summed E-state index contributed by atoms with van der Waals surface area (Å²) in [6.07, 6.45) is 3.26. The van der Waals surface area contributed by atoms with E-state index in [0.717, 1.165) is 22.3 Å². The molecule has 0 aliphatic rings. The summed E-state index contributed by atoms with van der Waals surface area (Å²) in [5.41, 5.74) is 5.47. The smallest absolute Gasteiger partial charge is 0.134 e. The number of imidazole rings is 1. The molecule has 6 nitrogen and oxygen atoms in total. The molecule has 3 aromatic carbocycles. The van der Waals surface area contributed by atoms with Crippen LogP contribution in [0.4, 0.5) is 15.9 Å². The first-order chi connectivity index (χ1) is 16.5. The fourth-order valence-electron chi connectivity index (χ4n) is 3.86. The molecule has 0 radical (unpaired) electrons. The number of hydrogen-bond acceptors (Lipinski definition) is 5. The second-order valence-corrected chi connectivity index (χ2v) is 8.28. The van der Waals surface area contributed by atoms with Gasteiger partial charge in [0.15, 0.2) is 0 Å². The van der Waals surface area contributed by atoms with E-state index in [2.05, 4.69) is 43.0 Å². The van der Waals surface area contributed by atoms with E-state index in [1.165, 1.54) is 18.5 Å². The number of nitrogens with zero attached hydrogens (tertiary/aromatic N) is 4. The SMILES string of the molecule is CC(C)Oc1cc(F)ccc1-c1cc(Nc2cccc(Cn3cnc4ccccc43)c2)ncn1. The van der Waals surface area contributed by atoms with Crippen molar-refractivity contribution in [1.82, 2.24) is 19.5 Å². The van der Waals surface area contributed by atoms with Crippen LogP contribution in [0.2, 0.25) is 0 Å². The second kappa shape index (κ2) is 9.31. The highest BCUT2D eigenvalue weighted by Gasteiger charge is 2.12. The zero-order valence-corrected chi connectivity index (χ0v) is 18.9. The average Bonchev–Trinajstić information content (AvgIpc) is 3.22. The summed E-state index contributed by atoms with van der Waals surface area (Å²) in [5, 5.41) is 3.35. The fourth-order valence-corrected chi connectivity index (χ4v) is 3.86. The summed E-state index contributed by atoms with van der Waals surface area (Å²) in [5.74, 6) is 0.735. The largest absolute Gasteiger partial charge is 0.490 e. The molecule has 0 fully saturated rings. The number of para-hydroxylation sites is 2. The van der Waals surface area contributed by atoms with Crippen molar-refractivity contribution in [3.8, 4) is 17.0 Å². The summed E-state index contributed by atoms with van der Waals surface area (Å²) < 4.78 is 21.7. The van der Waals surface area contributed by atoms with E-state index >= 15 is 0 Å². The lowest BCUT2D eigenvalue weighted by atomic mass is 10.1. The number of rotatable bonds is 7. The molecule has 170 valence electrons. The normalized spacial score (nSPS) is 11.2. The molecule has 7 heteroatoms. The van der Waals surface area contributed by atoms with E-state index in [0.29, 0.717) is 29.4 Å². The fraction of sp³-hybridized carbons (Fsp3) is 0.148. The lowest BCUT2D eigenvalue weighted by Crippen LogP contribution is -2.07. The van der Waals surface area contributed by atoms with Crippen molar-refractivity contribution >= 4 is 22.5 Å². The minimum atomic E-state index is -0.353. The molecule has 0 bridgehead atoms. The van der Waals surface area contributed by atoms with Crippen molar-refractivity contribution < 1.29 is 9.13 Å². The third-order valence-corrected chi connectivity index (χ3v) is 5.33. The van der Waals surface area contributed by atoms with Gasteiger partial charge in [-0.25, -0.2) is 19.3 Å². The third-order valence-electron chi connectivity index (χ3n) is 5.33. The maximum atomic E-state index is 13.8.